The third-order valence-electron chi connectivity index (χ3n) is 2.48. The largest absolute Gasteiger partial charge is 0.374 e. The molecule has 1 unspecified atom stereocenters. The number of anilines is 1. The molecule has 14 heavy (non-hydrogen) atoms. The van der Waals surface area contributed by atoms with Crippen molar-refractivity contribution < 1.29 is 5.11 Å². The van der Waals surface area contributed by atoms with Gasteiger partial charge in [0.15, 0.2) is 0 Å². The molecule has 0 amide bonds. The summed E-state index contributed by atoms with van der Waals surface area (Å²) < 4.78 is 0. The molecule has 1 atom stereocenters. The number of rotatable bonds is 0. The number of benzene rings is 1. The van der Waals surface area contributed by atoms with Gasteiger partial charge in [0.2, 0.25) is 0 Å². The molecule has 1 aliphatic rings. The highest BCUT2D eigenvalue weighted by atomic mass is 16.3. The van der Waals surface area contributed by atoms with Crippen molar-refractivity contribution in [1.82, 2.24) is 0 Å². The molecule has 0 radical (unpaired) electrons. The monoisotopic (exact) mass is 188 g/mol. The Hall–Kier alpha value is -1.53. The van der Waals surface area contributed by atoms with E-state index in [0.29, 0.717) is 5.56 Å². The smallest absolute Gasteiger partial charge is 0.124 e. The maximum atomic E-state index is 9.49. The van der Waals surface area contributed by atoms with Gasteiger partial charge in [-0.25, -0.2) is 0 Å². The van der Waals surface area contributed by atoms with E-state index >= 15 is 0 Å². The lowest BCUT2D eigenvalue weighted by Gasteiger charge is -2.11. The van der Waals surface area contributed by atoms with Crippen LogP contribution in [0.5, 0.6) is 0 Å². The van der Waals surface area contributed by atoms with Crippen molar-refractivity contribution in [3.63, 3.8) is 0 Å². The van der Waals surface area contributed by atoms with E-state index in [9.17, 15) is 5.11 Å². The number of nitriles is 1. The number of aliphatic hydroxyl groups excluding tert-OH is 1. The molecule has 1 aromatic carbocycles. The van der Waals surface area contributed by atoms with Gasteiger partial charge in [0.25, 0.3) is 0 Å². The summed E-state index contributed by atoms with van der Waals surface area (Å²) in [5.74, 6) is 0. The second-order valence-corrected chi connectivity index (χ2v) is 3.54. The zero-order chi connectivity index (χ0) is 9.97. The van der Waals surface area contributed by atoms with Gasteiger partial charge in [-0.1, -0.05) is 0 Å². The molecule has 3 heteroatoms. The highest BCUT2D eigenvalue weighted by Crippen LogP contribution is 2.24. The molecule has 0 saturated heterocycles. The van der Waals surface area contributed by atoms with Crippen molar-refractivity contribution in [2.24, 2.45) is 0 Å². The van der Waals surface area contributed by atoms with Gasteiger partial charge in [-0.2, -0.15) is 5.26 Å². The van der Waals surface area contributed by atoms with E-state index in [2.05, 4.69) is 11.4 Å². The van der Waals surface area contributed by atoms with Gasteiger partial charge in [0.05, 0.1) is 11.6 Å². The molecule has 0 fully saturated rings. The van der Waals surface area contributed by atoms with Crippen molar-refractivity contribution in [3.05, 3.63) is 29.3 Å². The van der Waals surface area contributed by atoms with Crippen molar-refractivity contribution in [1.29, 1.82) is 5.26 Å². The van der Waals surface area contributed by atoms with E-state index in [4.69, 9.17) is 5.26 Å². The van der Waals surface area contributed by atoms with Gasteiger partial charge in [-0.15, -0.1) is 0 Å². The van der Waals surface area contributed by atoms with Crippen molar-refractivity contribution in [2.75, 3.05) is 5.32 Å². The Morgan fingerprint density at radius 1 is 1.50 bits per heavy atom. The Kier molecular flexibility index (Phi) is 2.38. The normalized spacial score (nSPS) is 20.1. The zero-order valence-corrected chi connectivity index (χ0v) is 7.83. The number of nitrogens with zero attached hydrogens (tertiary/aromatic N) is 1. The van der Waals surface area contributed by atoms with E-state index in [0.717, 1.165) is 30.5 Å². The average Bonchev–Trinajstić information content (AvgIpc) is 2.37. The lowest BCUT2D eigenvalue weighted by Crippen LogP contribution is -2.16. The van der Waals surface area contributed by atoms with Gasteiger partial charge in [0.1, 0.15) is 6.23 Å². The van der Waals surface area contributed by atoms with E-state index < -0.39 is 6.23 Å². The van der Waals surface area contributed by atoms with Crippen LogP contribution in [0.4, 0.5) is 5.69 Å². The van der Waals surface area contributed by atoms with E-state index in [1.807, 2.05) is 12.1 Å². The first-order valence-corrected chi connectivity index (χ1v) is 4.77. The van der Waals surface area contributed by atoms with Crippen LogP contribution in [0.25, 0.3) is 0 Å². The molecule has 0 bridgehead atoms. The molecule has 3 nitrogen and oxygen atoms in total. The number of hydrogen-bond acceptors (Lipinski definition) is 3. The first-order valence-electron chi connectivity index (χ1n) is 4.77. The maximum absolute atomic E-state index is 9.49. The molecule has 0 spiro atoms. The predicted octanol–water partition coefficient (Wildman–Crippen LogP) is 1.62. The van der Waals surface area contributed by atoms with Crippen LogP contribution in [0.15, 0.2) is 18.2 Å². The van der Waals surface area contributed by atoms with Crippen LogP contribution in [0.3, 0.4) is 0 Å². The van der Waals surface area contributed by atoms with Gasteiger partial charge < -0.3 is 10.4 Å². The summed E-state index contributed by atoms with van der Waals surface area (Å²) in [6.07, 6.45) is 2.19. The molecule has 0 aromatic heterocycles. The highest BCUT2D eigenvalue weighted by Gasteiger charge is 2.13. The lowest BCUT2D eigenvalue weighted by molar-refractivity contribution is 0.192. The van der Waals surface area contributed by atoms with Crippen LogP contribution in [0.1, 0.15) is 24.0 Å². The van der Waals surface area contributed by atoms with Gasteiger partial charge in [0, 0.05) is 5.69 Å². The lowest BCUT2D eigenvalue weighted by atomic mass is 10.1. The summed E-state index contributed by atoms with van der Waals surface area (Å²) in [4.78, 5) is 0. The Morgan fingerprint density at radius 2 is 2.36 bits per heavy atom. The topological polar surface area (TPSA) is 56.0 Å². The maximum Gasteiger partial charge on any atom is 0.124 e. The van der Waals surface area contributed by atoms with Gasteiger partial charge in [-0.05, 0) is 43.0 Å². The molecular weight excluding hydrogens is 176 g/mol. The number of aryl methyl sites for hydroxylation is 1. The minimum Gasteiger partial charge on any atom is -0.374 e. The summed E-state index contributed by atoms with van der Waals surface area (Å²) in [5, 5.41) is 21.2. The predicted molar refractivity (Wildman–Crippen MR) is 53.7 cm³/mol. The fraction of sp³-hybridized carbons (Fsp3) is 0.364. The van der Waals surface area contributed by atoms with Crippen LogP contribution < -0.4 is 5.32 Å². The van der Waals surface area contributed by atoms with Crippen LogP contribution in [-0.4, -0.2) is 11.3 Å². The molecule has 0 aliphatic carbocycles. The summed E-state index contributed by atoms with van der Waals surface area (Å²) in [6.45, 7) is 0. The molecule has 1 heterocycles. The van der Waals surface area contributed by atoms with E-state index in [1.165, 1.54) is 0 Å². The summed E-state index contributed by atoms with van der Waals surface area (Å²) >= 11 is 0. The second kappa shape index (κ2) is 3.69. The van der Waals surface area contributed by atoms with Crippen molar-refractivity contribution >= 4 is 5.69 Å². The Balaban J connectivity index is 2.37. The molecule has 1 aliphatic heterocycles. The van der Waals surface area contributed by atoms with Crippen LogP contribution in [0.2, 0.25) is 0 Å². The summed E-state index contributed by atoms with van der Waals surface area (Å²) in [5.41, 5.74) is 2.76. The number of nitrogens with one attached hydrogen (secondary N) is 1. The number of aliphatic hydroxyl groups is 1. The fourth-order valence-electron chi connectivity index (χ4n) is 1.75. The van der Waals surface area contributed by atoms with E-state index in [-0.39, 0.29) is 0 Å². The molecule has 2 rings (SSSR count). The Labute approximate surface area is 83.0 Å². The first kappa shape index (κ1) is 9.04. The third kappa shape index (κ3) is 1.70. The minimum absolute atomic E-state index is 0.454. The minimum atomic E-state index is -0.454. The Morgan fingerprint density at radius 3 is 3.14 bits per heavy atom. The highest BCUT2D eigenvalue weighted by molar-refractivity contribution is 5.55. The summed E-state index contributed by atoms with van der Waals surface area (Å²) in [6, 6.07) is 7.64. The fourth-order valence-corrected chi connectivity index (χ4v) is 1.75. The quantitative estimate of drug-likeness (QED) is 0.650. The van der Waals surface area contributed by atoms with Crippen LogP contribution in [-0.2, 0) is 6.42 Å². The molecular formula is C11H12N2O. The van der Waals surface area contributed by atoms with Gasteiger partial charge in [-0.3, -0.25) is 0 Å². The van der Waals surface area contributed by atoms with Crippen molar-refractivity contribution in [3.8, 4) is 6.07 Å². The summed E-state index contributed by atoms with van der Waals surface area (Å²) in [7, 11) is 0. The Bertz CT molecular complexity index is 381. The molecule has 2 N–H and O–H groups in total. The molecule has 72 valence electrons. The second-order valence-electron chi connectivity index (χ2n) is 3.54. The third-order valence-corrected chi connectivity index (χ3v) is 2.48. The zero-order valence-electron chi connectivity index (χ0n) is 7.83. The number of hydrogen-bond donors (Lipinski definition) is 2. The van der Waals surface area contributed by atoms with Crippen LogP contribution in [0, 0.1) is 11.3 Å². The van der Waals surface area contributed by atoms with Crippen LogP contribution >= 0.6 is 0 Å². The molecule has 1 aromatic rings. The van der Waals surface area contributed by atoms with Crippen molar-refractivity contribution in [2.45, 2.75) is 25.5 Å². The van der Waals surface area contributed by atoms with E-state index in [1.54, 1.807) is 6.07 Å². The molecule has 0 saturated carbocycles. The number of fused-ring (bicyclic) bond motifs is 1. The average molecular weight is 188 g/mol. The van der Waals surface area contributed by atoms with Gasteiger partial charge >= 0.3 is 0 Å². The standard InChI is InChI=1S/C11H12N2O/c12-7-8-4-5-10-9(6-8)2-1-3-11(14)13-10/h4-6,11,13-14H,1-3H2. The SMILES string of the molecule is N#Cc1ccc2c(c1)CCCC(O)N2. The first-order chi connectivity index (χ1) is 6.79.